The highest BCUT2D eigenvalue weighted by Gasteiger charge is 2.62. The lowest BCUT2D eigenvalue weighted by atomic mass is 10.1. The molecule has 2 nitrogen and oxygen atoms in total. The van der Waals surface area contributed by atoms with Crippen molar-refractivity contribution in [3.05, 3.63) is 23.8 Å². The van der Waals surface area contributed by atoms with Gasteiger partial charge in [0.15, 0.2) is 11.5 Å². The fourth-order valence-corrected chi connectivity index (χ4v) is 1.84. The molecule has 0 radical (unpaired) electrons. The van der Waals surface area contributed by atoms with Crippen LogP contribution < -0.4 is 9.47 Å². The average molecular weight is 333 g/mol. The van der Waals surface area contributed by atoms with Gasteiger partial charge in [-0.1, -0.05) is 6.07 Å². The normalized spacial score (nSPS) is 13.9. The third-order valence-electron chi connectivity index (χ3n) is 2.56. The van der Waals surface area contributed by atoms with E-state index in [0.29, 0.717) is 6.61 Å². The van der Waals surface area contributed by atoms with E-state index >= 15 is 0 Å². The highest BCUT2D eigenvalue weighted by Crippen LogP contribution is 2.48. The van der Waals surface area contributed by atoms with Gasteiger partial charge in [0.2, 0.25) is 0 Å². The number of ether oxygens (including phenoxy) is 2. The van der Waals surface area contributed by atoms with E-state index in [2.05, 4.69) is 0 Å². The zero-order chi connectivity index (χ0) is 16.3. The van der Waals surface area contributed by atoms with E-state index in [9.17, 15) is 22.0 Å². The molecule has 1 unspecified atom stereocenters. The van der Waals surface area contributed by atoms with Crippen molar-refractivity contribution in [3.63, 3.8) is 0 Å². The van der Waals surface area contributed by atoms with Crippen molar-refractivity contribution in [2.45, 2.75) is 31.3 Å². The molecule has 120 valence electrons. The molecule has 0 spiro atoms. The standard InChI is InChI=1S/C13H14ClF5O2/c1-3-20-9-6-5-8(7-10(9)21-4-2)11(14)12(15,16)13(17,18)19/h5-7,11H,3-4H2,1-2H3. The quantitative estimate of drug-likeness (QED) is 0.541. The van der Waals surface area contributed by atoms with E-state index in [1.165, 1.54) is 6.07 Å². The van der Waals surface area contributed by atoms with Crippen LogP contribution in [0.1, 0.15) is 24.8 Å². The molecular weight excluding hydrogens is 319 g/mol. The second kappa shape index (κ2) is 6.68. The zero-order valence-corrected chi connectivity index (χ0v) is 12.1. The number of hydrogen-bond donors (Lipinski definition) is 0. The Bertz CT molecular complexity index is 476. The summed E-state index contributed by atoms with van der Waals surface area (Å²) in [6.07, 6.45) is -5.73. The second-order valence-corrected chi connectivity index (χ2v) is 4.49. The molecule has 0 aliphatic heterocycles. The van der Waals surface area contributed by atoms with Gasteiger partial charge in [0, 0.05) is 0 Å². The Labute approximate surface area is 123 Å². The van der Waals surface area contributed by atoms with Crippen molar-refractivity contribution < 1.29 is 31.4 Å². The molecule has 0 amide bonds. The Balaban J connectivity index is 3.16. The van der Waals surface area contributed by atoms with E-state index in [0.717, 1.165) is 12.1 Å². The van der Waals surface area contributed by atoms with Crippen LogP contribution >= 0.6 is 11.6 Å². The first-order valence-electron chi connectivity index (χ1n) is 6.13. The Kier molecular flexibility index (Phi) is 5.67. The largest absolute Gasteiger partial charge is 0.490 e. The predicted molar refractivity (Wildman–Crippen MR) is 68.4 cm³/mol. The Morgan fingerprint density at radius 1 is 1.00 bits per heavy atom. The fraction of sp³-hybridized carbons (Fsp3) is 0.538. The average Bonchev–Trinajstić information content (AvgIpc) is 2.39. The third-order valence-corrected chi connectivity index (χ3v) is 3.08. The Morgan fingerprint density at radius 3 is 2.00 bits per heavy atom. The van der Waals surface area contributed by atoms with Gasteiger partial charge in [-0.25, -0.2) is 0 Å². The number of rotatable bonds is 6. The topological polar surface area (TPSA) is 18.5 Å². The molecule has 1 atom stereocenters. The van der Waals surface area contributed by atoms with Gasteiger partial charge in [-0.05, 0) is 31.5 Å². The number of hydrogen-bond acceptors (Lipinski definition) is 2. The molecule has 0 fully saturated rings. The fourth-order valence-electron chi connectivity index (χ4n) is 1.58. The monoisotopic (exact) mass is 332 g/mol. The molecule has 0 aliphatic carbocycles. The molecule has 1 aromatic rings. The molecule has 21 heavy (non-hydrogen) atoms. The van der Waals surface area contributed by atoms with Gasteiger partial charge in [0.25, 0.3) is 0 Å². The maximum absolute atomic E-state index is 13.2. The smallest absolute Gasteiger partial charge is 0.455 e. The van der Waals surface area contributed by atoms with Crippen LogP contribution in [0.2, 0.25) is 0 Å². The summed E-state index contributed by atoms with van der Waals surface area (Å²) in [6, 6.07) is 3.35. The maximum atomic E-state index is 13.2. The molecular formula is C13H14ClF5O2. The molecule has 1 rings (SSSR count). The summed E-state index contributed by atoms with van der Waals surface area (Å²) in [5, 5.41) is -2.55. The van der Waals surface area contributed by atoms with Gasteiger partial charge in [-0.2, -0.15) is 22.0 Å². The lowest BCUT2D eigenvalue weighted by Gasteiger charge is -2.25. The van der Waals surface area contributed by atoms with Crippen LogP contribution in [-0.2, 0) is 0 Å². The summed E-state index contributed by atoms with van der Waals surface area (Å²) in [6.45, 7) is 3.84. The van der Waals surface area contributed by atoms with E-state index in [1.807, 2.05) is 0 Å². The summed E-state index contributed by atoms with van der Waals surface area (Å²) >= 11 is 5.32. The number of benzene rings is 1. The van der Waals surface area contributed by atoms with Gasteiger partial charge in [0.05, 0.1) is 13.2 Å². The van der Waals surface area contributed by atoms with Crippen LogP contribution in [0.5, 0.6) is 11.5 Å². The minimum Gasteiger partial charge on any atom is -0.490 e. The van der Waals surface area contributed by atoms with Crippen LogP contribution in [0, 0.1) is 0 Å². The van der Waals surface area contributed by atoms with Crippen molar-refractivity contribution in [1.29, 1.82) is 0 Å². The molecule has 0 N–H and O–H groups in total. The molecule has 0 bridgehead atoms. The SMILES string of the molecule is CCOc1ccc(C(Cl)C(F)(F)C(F)(F)F)cc1OCC. The Morgan fingerprint density at radius 2 is 1.52 bits per heavy atom. The summed E-state index contributed by atoms with van der Waals surface area (Å²) in [4.78, 5) is 0. The van der Waals surface area contributed by atoms with Gasteiger partial charge < -0.3 is 9.47 Å². The molecule has 0 saturated carbocycles. The molecule has 1 aromatic carbocycles. The van der Waals surface area contributed by atoms with Gasteiger partial charge in [0.1, 0.15) is 5.38 Å². The van der Waals surface area contributed by atoms with Crippen molar-refractivity contribution >= 4 is 11.6 Å². The highest BCUT2D eigenvalue weighted by atomic mass is 35.5. The van der Waals surface area contributed by atoms with E-state index in [1.54, 1.807) is 13.8 Å². The number of alkyl halides is 6. The summed E-state index contributed by atoms with van der Waals surface area (Å²) in [5.74, 6) is -4.73. The highest BCUT2D eigenvalue weighted by molar-refractivity contribution is 6.21. The second-order valence-electron chi connectivity index (χ2n) is 4.06. The number of halogens is 6. The summed E-state index contributed by atoms with van der Waals surface area (Å²) < 4.78 is 73.8. The predicted octanol–water partition coefficient (Wildman–Crippen LogP) is 4.96. The van der Waals surface area contributed by atoms with Crippen molar-refractivity contribution in [2.75, 3.05) is 13.2 Å². The van der Waals surface area contributed by atoms with Crippen LogP contribution in [0.3, 0.4) is 0 Å². The van der Waals surface area contributed by atoms with Crippen molar-refractivity contribution in [1.82, 2.24) is 0 Å². The van der Waals surface area contributed by atoms with Crippen molar-refractivity contribution in [3.8, 4) is 11.5 Å². The van der Waals surface area contributed by atoms with Gasteiger partial charge in [-0.3, -0.25) is 0 Å². The lowest BCUT2D eigenvalue weighted by Crippen LogP contribution is -2.40. The first-order valence-corrected chi connectivity index (χ1v) is 6.56. The van der Waals surface area contributed by atoms with Crippen LogP contribution in [0.15, 0.2) is 18.2 Å². The summed E-state index contributed by atoms with van der Waals surface area (Å²) in [5.41, 5.74) is -0.397. The van der Waals surface area contributed by atoms with Crippen LogP contribution in [0.25, 0.3) is 0 Å². The van der Waals surface area contributed by atoms with Crippen molar-refractivity contribution in [2.24, 2.45) is 0 Å². The maximum Gasteiger partial charge on any atom is 0.455 e. The molecule has 8 heteroatoms. The first kappa shape index (κ1) is 17.8. The van der Waals surface area contributed by atoms with Crippen LogP contribution in [0.4, 0.5) is 22.0 Å². The minimum atomic E-state index is -5.73. The van der Waals surface area contributed by atoms with Crippen LogP contribution in [-0.4, -0.2) is 25.3 Å². The van der Waals surface area contributed by atoms with Gasteiger partial charge >= 0.3 is 12.1 Å². The van der Waals surface area contributed by atoms with E-state index < -0.39 is 23.0 Å². The first-order chi connectivity index (χ1) is 9.65. The molecule has 0 aromatic heterocycles. The molecule has 0 saturated heterocycles. The Hall–Kier alpha value is -1.24. The van der Waals surface area contributed by atoms with Gasteiger partial charge in [-0.15, -0.1) is 11.6 Å². The summed E-state index contributed by atoms with van der Waals surface area (Å²) in [7, 11) is 0. The molecule has 0 aliphatic rings. The minimum absolute atomic E-state index is 0.0699. The zero-order valence-electron chi connectivity index (χ0n) is 11.3. The van der Waals surface area contributed by atoms with E-state index in [-0.39, 0.29) is 18.1 Å². The third kappa shape index (κ3) is 3.90. The molecule has 0 heterocycles. The lowest BCUT2D eigenvalue weighted by molar-refractivity contribution is -0.283. The van der Waals surface area contributed by atoms with E-state index in [4.69, 9.17) is 21.1 Å².